The lowest BCUT2D eigenvalue weighted by Crippen LogP contribution is -2.41. The largest absolute Gasteiger partial charge is 0.423 e. The minimum atomic E-state index is -2.06. The maximum atomic E-state index is 11.4. The van der Waals surface area contributed by atoms with E-state index in [1.807, 2.05) is 0 Å². The van der Waals surface area contributed by atoms with Crippen LogP contribution in [0.2, 0.25) is 0 Å². The third-order valence-electron chi connectivity index (χ3n) is 1.80. The van der Waals surface area contributed by atoms with Crippen molar-refractivity contribution < 1.29 is 24.5 Å². The summed E-state index contributed by atoms with van der Waals surface area (Å²) >= 11 is 4.15. The molecule has 0 aliphatic carbocycles. The second kappa shape index (κ2) is 6.67. The van der Waals surface area contributed by atoms with Crippen molar-refractivity contribution in [3.05, 3.63) is 24.5 Å². The number of hydrogen-bond donors (Lipinski definition) is 2. The highest BCUT2D eigenvalue weighted by Crippen LogP contribution is 2.09. The van der Waals surface area contributed by atoms with Gasteiger partial charge in [-0.15, -0.1) is 0 Å². The molecule has 0 aromatic carbocycles. The first-order valence-electron chi connectivity index (χ1n) is 4.66. The first-order chi connectivity index (χ1) is 8.56. The third-order valence-corrected chi connectivity index (χ3v) is 1.89. The number of carbonyl (C=O) groups excluding carboxylic acids is 2. The number of hydrogen-bond acceptors (Lipinski definition) is 7. The topological polar surface area (TPSA) is 109 Å². The smallest absolute Gasteiger partial charge is 0.343 e. The lowest BCUT2D eigenvalue weighted by atomic mass is 10.2. The van der Waals surface area contributed by atoms with E-state index in [-0.39, 0.29) is 5.75 Å². The molecule has 0 radical (unpaired) electrons. The van der Waals surface area contributed by atoms with Gasteiger partial charge in [-0.1, -0.05) is 0 Å². The third kappa shape index (κ3) is 3.79. The van der Waals surface area contributed by atoms with Gasteiger partial charge >= 0.3 is 5.97 Å². The van der Waals surface area contributed by atoms with Crippen molar-refractivity contribution in [2.24, 2.45) is 4.99 Å². The number of thiocarbonyl (C=S) groups is 1. The van der Waals surface area contributed by atoms with Crippen molar-refractivity contribution in [2.75, 3.05) is 0 Å². The first-order valence-corrected chi connectivity index (χ1v) is 5.06. The minimum Gasteiger partial charge on any atom is -0.423 e. The number of nitrogens with zero attached hydrogens (tertiary/aromatic N) is 2. The molecule has 1 amide bonds. The number of aliphatic hydroxyl groups is 2. The fourth-order valence-electron chi connectivity index (χ4n) is 0.959. The van der Waals surface area contributed by atoms with Gasteiger partial charge in [-0.25, -0.2) is 4.79 Å². The number of rotatable bonds is 4. The Morgan fingerprint density at radius 1 is 1.44 bits per heavy atom. The number of aliphatic hydroxyl groups excluding tert-OH is 2. The van der Waals surface area contributed by atoms with E-state index in [0.717, 1.165) is 0 Å². The highest BCUT2D eigenvalue weighted by atomic mass is 32.1. The number of isothiocyanates is 1. The molecule has 1 aromatic heterocycles. The van der Waals surface area contributed by atoms with E-state index in [4.69, 9.17) is 0 Å². The van der Waals surface area contributed by atoms with Crippen LogP contribution in [0.4, 0.5) is 0 Å². The lowest BCUT2D eigenvalue weighted by molar-refractivity contribution is -0.154. The van der Waals surface area contributed by atoms with Gasteiger partial charge in [-0.3, -0.25) is 9.78 Å². The lowest BCUT2D eigenvalue weighted by Gasteiger charge is -2.12. The maximum Gasteiger partial charge on any atom is 0.343 e. The van der Waals surface area contributed by atoms with Gasteiger partial charge in [0.05, 0.1) is 11.4 Å². The van der Waals surface area contributed by atoms with Crippen molar-refractivity contribution in [2.45, 2.75) is 12.2 Å². The van der Waals surface area contributed by atoms with Gasteiger partial charge in [0, 0.05) is 6.20 Å². The molecule has 0 fully saturated rings. The maximum absolute atomic E-state index is 11.4. The van der Waals surface area contributed by atoms with Crippen LogP contribution in [-0.2, 0) is 9.59 Å². The molecule has 94 valence electrons. The van der Waals surface area contributed by atoms with Crippen LogP contribution in [0.25, 0.3) is 0 Å². The first kappa shape index (κ1) is 14.1. The van der Waals surface area contributed by atoms with Crippen molar-refractivity contribution >= 4 is 29.3 Å². The van der Waals surface area contributed by atoms with Gasteiger partial charge in [0.25, 0.3) is 5.91 Å². The van der Waals surface area contributed by atoms with E-state index in [1.54, 1.807) is 5.16 Å². The Morgan fingerprint density at radius 2 is 2.17 bits per heavy atom. The van der Waals surface area contributed by atoms with Crippen LogP contribution >= 0.6 is 12.2 Å². The number of esters is 1. The average Bonchev–Trinajstić information content (AvgIpc) is 2.38. The summed E-state index contributed by atoms with van der Waals surface area (Å²) in [5.74, 6) is -2.32. The Kier molecular flexibility index (Phi) is 5.22. The van der Waals surface area contributed by atoms with Crippen molar-refractivity contribution in [1.82, 2.24) is 4.98 Å². The molecule has 2 N–H and O–H groups in total. The second-order valence-corrected chi connectivity index (χ2v) is 3.22. The number of aliphatic imine (C=N–C) groups is 1. The number of ether oxygens (including phenoxy) is 1. The van der Waals surface area contributed by atoms with Gasteiger partial charge in [0.2, 0.25) is 0 Å². The molecule has 0 spiro atoms. The quantitative estimate of drug-likeness (QED) is 0.423. The van der Waals surface area contributed by atoms with Crippen molar-refractivity contribution in [3.8, 4) is 5.75 Å². The zero-order valence-electron chi connectivity index (χ0n) is 8.89. The Balaban J connectivity index is 2.67. The number of pyridine rings is 1. The SMILES string of the molecule is O=C(N=C=S)C(O)C(O)C(=O)Oc1cccnc1. The van der Waals surface area contributed by atoms with Gasteiger partial charge in [0.1, 0.15) is 5.75 Å². The fraction of sp³-hybridized carbons (Fsp3) is 0.200. The van der Waals surface area contributed by atoms with Crippen LogP contribution in [0, 0.1) is 0 Å². The van der Waals surface area contributed by atoms with E-state index in [9.17, 15) is 19.8 Å². The Hall–Kier alpha value is -1.99. The predicted molar refractivity (Wildman–Crippen MR) is 61.9 cm³/mol. The Morgan fingerprint density at radius 3 is 2.72 bits per heavy atom. The van der Waals surface area contributed by atoms with Crippen LogP contribution in [0.15, 0.2) is 29.5 Å². The summed E-state index contributed by atoms with van der Waals surface area (Å²) in [7, 11) is 0. The number of carbonyl (C=O) groups is 2. The molecule has 2 unspecified atom stereocenters. The van der Waals surface area contributed by atoms with Crippen LogP contribution in [0.3, 0.4) is 0 Å². The van der Waals surface area contributed by atoms with E-state index in [2.05, 4.69) is 26.9 Å². The second-order valence-electron chi connectivity index (χ2n) is 3.04. The molecule has 0 aliphatic heterocycles. The molecule has 0 aliphatic rings. The molecule has 8 heteroatoms. The van der Waals surface area contributed by atoms with Crippen LogP contribution in [-0.4, -0.2) is 44.4 Å². The van der Waals surface area contributed by atoms with E-state index in [1.165, 1.54) is 24.5 Å². The Labute approximate surface area is 107 Å². The Bertz CT molecular complexity index is 486. The van der Waals surface area contributed by atoms with Crippen molar-refractivity contribution in [3.63, 3.8) is 0 Å². The summed E-state index contributed by atoms with van der Waals surface area (Å²) in [6.07, 6.45) is -1.43. The summed E-state index contributed by atoms with van der Waals surface area (Å²) in [4.78, 5) is 29.0. The van der Waals surface area contributed by atoms with E-state index < -0.39 is 24.1 Å². The standard InChI is InChI=1S/C10H8N2O5S/c13-7(9(15)12-5-18)8(14)10(16)17-6-2-1-3-11-4-6/h1-4,7-8,13-14H. The highest BCUT2D eigenvalue weighted by molar-refractivity contribution is 7.78. The van der Waals surface area contributed by atoms with Gasteiger partial charge < -0.3 is 14.9 Å². The van der Waals surface area contributed by atoms with Gasteiger partial charge in [0.15, 0.2) is 12.2 Å². The molecular formula is C10H8N2O5S. The van der Waals surface area contributed by atoms with Crippen LogP contribution < -0.4 is 4.74 Å². The summed E-state index contributed by atoms with van der Waals surface area (Å²) in [6, 6.07) is 2.92. The summed E-state index contributed by atoms with van der Waals surface area (Å²) in [5, 5.41) is 20.3. The molecule has 1 heterocycles. The zero-order valence-corrected chi connectivity index (χ0v) is 9.70. The summed E-state index contributed by atoms with van der Waals surface area (Å²) < 4.78 is 4.67. The predicted octanol–water partition coefficient (Wildman–Crippen LogP) is -0.662. The summed E-state index contributed by atoms with van der Waals surface area (Å²) in [6.45, 7) is 0. The van der Waals surface area contributed by atoms with E-state index in [0.29, 0.717) is 0 Å². The molecule has 0 saturated carbocycles. The fourth-order valence-corrected chi connectivity index (χ4v) is 1.05. The molecule has 0 bridgehead atoms. The minimum absolute atomic E-state index is 0.0690. The molecular weight excluding hydrogens is 260 g/mol. The molecule has 18 heavy (non-hydrogen) atoms. The zero-order chi connectivity index (χ0) is 13.5. The molecule has 0 saturated heterocycles. The molecule has 1 rings (SSSR count). The molecule has 7 nitrogen and oxygen atoms in total. The monoisotopic (exact) mass is 268 g/mol. The van der Waals surface area contributed by atoms with Crippen molar-refractivity contribution in [1.29, 1.82) is 0 Å². The van der Waals surface area contributed by atoms with E-state index >= 15 is 0 Å². The number of aromatic nitrogens is 1. The van der Waals surface area contributed by atoms with Crippen LogP contribution in [0.1, 0.15) is 0 Å². The van der Waals surface area contributed by atoms with Gasteiger partial charge in [-0.2, -0.15) is 4.99 Å². The summed E-state index contributed by atoms with van der Waals surface area (Å²) in [5.41, 5.74) is 0. The van der Waals surface area contributed by atoms with Gasteiger partial charge in [-0.05, 0) is 24.4 Å². The normalized spacial score (nSPS) is 13.0. The number of amides is 1. The molecule has 1 aromatic rings. The van der Waals surface area contributed by atoms with Crippen LogP contribution in [0.5, 0.6) is 5.75 Å². The average molecular weight is 268 g/mol. The highest BCUT2D eigenvalue weighted by Gasteiger charge is 2.31. The molecule has 2 atom stereocenters.